The fourth-order valence-electron chi connectivity index (χ4n) is 2.64. The van der Waals surface area contributed by atoms with Gasteiger partial charge in [0.15, 0.2) is 0 Å². The lowest BCUT2D eigenvalue weighted by Gasteiger charge is -2.30. The average Bonchev–Trinajstić information content (AvgIpc) is 3.18. The average molecular weight is 289 g/mol. The first-order chi connectivity index (χ1) is 9.80. The first-order valence-electron chi connectivity index (χ1n) is 7.67. The standard InChI is InChI=1S/C17H27N3O/c1-12-9-13(2)11-15(10-12)20(4)8-7-17(3,16(18)21)19-14-5-6-14/h9-11,14,19H,5-8H2,1-4H3,(H2,18,21). The molecule has 1 aromatic rings. The molecule has 0 radical (unpaired) electrons. The number of hydrogen-bond donors (Lipinski definition) is 2. The Morgan fingerprint density at radius 1 is 1.33 bits per heavy atom. The Bertz CT molecular complexity index is 505. The summed E-state index contributed by atoms with van der Waals surface area (Å²) >= 11 is 0. The smallest absolute Gasteiger partial charge is 0.237 e. The molecule has 1 aliphatic carbocycles. The van der Waals surface area contributed by atoms with E-state index in [0.717, 1.165) is 19.4 Å². The third-order valence-corrected chi connectivity index (χ3v) is 4.24. The number of nitrogens with one attached hydrogen (secondary N) is 1. The second kappa shape index (κ2) is 6.06. The van der Waals surface area contributed by atoms with Gasteiger partial charge in [0.2, 0.25) is 5.91 Å². The van der Waals surface area contributed by atoms with E-state index in [1.54, 1.807) is 0 Å². The number of amides is 1. The van der Waals surface area contributed by atoms with Crippen LogP contribution in [0.2, 0.25) is 0 Å². The number of nitrogens with zero attached hydrogens (tertiary/aromatic N) is 1. The van der Waals surface area contributed by atoms with Crippen LogP contribution < -0.4 is 16.0 Å². The number of benzene rings is 1. The molecule has 1 aromatic carbocycles. The minimum atomic E-state index is -0.617. The summed E-state index contributed by atoms with van der Waals surface area (Å²) in [6.45, 7) is 6.92. The number of carbonyl (C=O) groups excluding carboxylic acids is 1. The summed E-state index contributed by atoms with van der Waals surface area (Å²) in [5.74, 6) is -0.261. The highest BCUT2D eigenvalue weighted by atomic mass is 16.1. The van der Waals surface area contributed by atoms with E-state index in [0.29, 0.717) is 12.5 Å². The van der Waals surface area contributed by atoms with Crippen molar-refractivity contribution in [2.24, 2.45) is 5.73 Å². The molecule has 1 aliphatic rings. The van der Waals surface area contributed by atoms with Gasteiger partial charge in [0.1, 0.15) is 0 Å². The molecule has 1 unspecified atom stereocenters. The number of hydrogen-bond acceptors (Lipinski definition) is 3. The molecule has 0 bridgehead atoms. The van der Waals surface area contributed by atoms with E-state index in [1.807, 2.05) is 6.92 Å². The Balaban J connectivity index is 2.00. The molecule has 0 aliphatic heterocycles. The fraction of sp³-hybridized carbons (Fsp3) is 0.588. The zero-order chi connectivity index (χ0) is 15.6. The Labute approximate surface area is 127 Å². The maximum atomic E-state index is 11.8. The van der Waals surface area contributed by atoms with Crippen LogP contribution >= 0.6 is 0 Å². The number of carbonyl (C=O) groups is 1. The third kappa shape index (κ3) is 4.21. The quantitative estimate of drug-likeness (QED) is 0.808. The first-order valence-corrected chi connectivity index (χ1v) is 7.67. The summed E-state index contributed by atoms with van der Waals surface area (Å²) in [5.41, 5.74) is 8.68. The molecule has 1 amide bonds. The number of primary amides is 1. The monoisotopic (exact) mass is 289 g/mol. The molecular weight excluding hydrogens is 262 g/mol. The normalized spacial score (nSPS) is 17.3. The summed E-state index contributed by atoms with van der Waals surface area (Å²) in [4.78, 5) is 14.0. The van der Waals surface area contributed by atoms with Crippen LogP contribution in [0.4, 0.5) is 5.69 Å². The minimum absolute atomic E-state index is 0.261. The fourth-order valence-corrected chi connectivity index (χ4v) is 2.64. The molecule has 116 valence electrons. The van der Waals surface area contributed by atoms with Crippen molar-refractivity contribution in [3.8, 4) is 0 Å². The van der Waals surface area contributed by atoms with Crippen LogP contribution in [0, 0.1) is 13.8 Å². The SMILES string of the molecule is Cc1cc(C)cc(N(C)CCC(C)(NC2CC2)C(N)=O)c1. The molecule has 0 heterocycles. The molecule has 0 saturated heterocycles. The van der Waals surface area contributed by atoms with E-state index in [9.17, 15) is 4.79 Å². The highest BCUT2D eigenvalue weighted by molar-refractivity contribution is 5.84. The van der Waals surface area contributed by atoms with Gasteiger partial charge in [-0.2, -0.15) is 0 Å². The van der Waals surface area contributed by atoms with Crippen molar-refractivity contribution in [3.63, 3.8) is 0 Å². The highest BCUT2D eigenvalue weighted by Crippen LogP contribution is 2.25. The predicted octanol–water partition coefficient (Wildman–Crippen LogP) is 2.13. The molecule has 0 spiro atoms. The van der Waals surface area contributed by atoms with Crippen molar-refractivity contribution in [3.05, 3.63) is 29.3 Å². The van der Waals surface area contributed by atoms with Gasteiger partial charge >= 0.3 is 0 Å². The van der Waals surface area contributed by atoms with Crippen LogP contribution in [-0.2, 0) is 4.79 Å². The van der Waals surface area contributed by atoms with Gasteiger partial charge in [0.25, 0.3) is 0 Å². The maximum Gasteiger partial charge on any atom is 0.237 e. The van der Waals surface area contributed by atoms with E-state index in [-0.39, 0.29) is 5.91 Å². The van der Waals surface area contributed by atoms with Gasteiger partial charge < -0.3 is 16.0 Å². The van der Waals surface area contributed by atoms with Crippen molar-refractivity contribution >= 4 is 11.6 Å². The van der Waals surface area contributed by atoms with E-state index < -0.39 is 5.54 Å². The molecule has 2 rings (SSSR count). The van der Waals surface area contributed by atoms with Crippen LogP contribution in [0.5, 0.6) is 0 Å². The first kappa shape index (κ1) is 15.8. The van der Waals surface area contributed by atoms with E-state index in [4.69, 9.17) is 5.73 Å². The summed E-state index contributed by atoms with van der Waals surface area (Å²) in [6.07, 6.45) is 3.01. The third-order valence-electron chi connectivity index (χ3n) is 4.24. The van der Waals surface area contributed by atoms with Crippen molar-refractivity contribution in [2.45, 2.75) is 51.6 Å². The van der Waals surface area contributed by atoms with Crippen LogP contribution in [0.25, 0.3) is 0 Å². The van der Waals surface area contributed by atoms with Gasteiger partial charge in [-0.25, -0.2) is 0 Å². The lowest BCUT2D eigenvalue weighted by molar-refractivity contribution is -0.124. The largest absolute Gasteiger partial charge is 0.374 e. The molecule has 1 atom stereocenters. The Morgan fingerprint density at radius 3 is 2.38 bits per heavy atom. The zero-order valence-corrected chi connectivity index (χ0v) is 13.6. The summed E-state index contributed by atoms with van der Waals surface area (Å²) in [5, 5.41) is 3.40. The van der Waals surface area contributed by atoms with Gasteiger partial charge in [-0.1, -0.05) is 6.07 Å². The molecule has 3 N–H and O–H groups in total. The summed E-state index contributed by atoms with van der Waals surface area (Å²) in [7, 11) is 2.06. The molecule has 0 aromatic heterocycles. The number of anilines is 1. The van der Waals surface area contributed by atoms with Crippen LogP contribution in [0.15, 0.2) is 18.2 Å². The van der Waals surface area contributed by atoms with Crippen molar-refractivity contribution < 1.29 is 4.79 Å². The number of aryl methyl sites for hydroxylation is 2. The molecular formula is C17H27N3O. The number of rotatable bonds is 7. The lowest BCUT2D eigenvalue weighted by atomic mass is 9.96. The number of nitrogens with two attached hydrogens (primary N) is 1. The Morgan fingerprint density at radius 2 is 1.90 bits per heavy atom. The molecule has 21 heavy (non-hydrogen) atoms. The van der Waals surface area contributed by atoms with Gasteiger partial charge in [-0.15, -0.1) is 0 Å². The molecule has 4 nitrogen and oxygen atoms in total. The van der Waals surface area contributed by atoms with Gasteiger partial charge in [-0.3, -0.25) is 4.79 Å². The van der Waals surface area contributed by atoms with Gasteiger partial charge in [0, 0.05) is 25.3 Å². The van der Waals surface area contributed by atoms with E-state index in [2.05, 4.69) is 49.3 Å². The van der Waals surface area contributed by atoms with Gasteiger partial charge in [-0.05, 0) is 63.3 Å². The summed E-state index contributed by atoms with van der Waals surface area (Å²) < 4.78 is 0. The van der Waals surface area contributed by atoms with Crippen molar-refractivity contribution in [2.75, 3.05) is 18.5 Å². The van der Waals surface area contributed by atoms with Crippen molar-refractivity contribution in [1.29, 1.82) is 0 Å². The molecule has 1 saturated carbocycles. The molecule has 4 heteroatoms. The van der Waals surface area contributed by atoms with Gasteiger partial charge in [0.05, 0.1) is 5.54 Å². The minimum Gasteiger partial charge on any atom is -0.374 e. The molecule has 1 fully saturated rings. The highest BCUT2D eigenvalue weighted by Gasteiger charge is 2.36. The topological polar surface area (TPSA) is 58.4 Å². The zero-order valence-electron chi connectivity index (χ0n) is 13.6. The lowest BCUT2D eigenvalue weighted by Crippen LogP contribution is -2.55. The Kier molecular flexibility index (Phi) is 4.57. The van der Waals surface area contributed by atoms with Crippen LogP contribution in [0.3, 0.4) is 0 Å². The summed E-state index contributed by atoms with van der Waals surface area (Å²) in [6, 6.07) is 6.97. The second-order valence-electron chi connectivity index (χ2n) is 6.63. The van der Waals surface area contributed by atoms with Crippen LogP contribution in [0.1, 0.15) is 37.3 Å². The maximum absolute atomic E-state index is 11.8. The van der Waals surface area contributed by atoms with E-state index in [1.165, 1.54) is 16.8 Å². The Hall–Kier alpha value is -1.55. The second-order valence-corrected chi connectivity index (χ2v) is 6.63. The van der Waals surface area contributed by atoms with Crippen LogP contribution in [-0.4, -0.2) is 31.1 Å². The van der Waals surface area contributed by atoms with E-state index >= 15 is 0 Å². The van der Waals surface area contributed by atoms with Crippen molar-refractivity contribution in [1.82, 2.24) is 5.32 Å². The predicted molar refractivity (Wildman–Crippen MR) is 87.6 cm³/mol.